The zero-order valence-electron chi connectivity index (χ0n) is 32.2. The van der Waals surface area contributed by atoms with Crippen LogP contribution in [0.4, 0.5) is 18.0 Å². The molecule has 1 aliphatic rings. The highest BCUT2D eigenvalue weighted by Crippen LogP contribution is 2.32. The van der Waals surface area contributed by atoms with Crippen molar-refractivity contribution in [2.24, 2.45) is 11.3 Å². The van der Waals surface area contributed by atoms with E-state index >= 15 is 0 Å². The zero-order chi connectivity index (χ0) is 42.4. The van der Waals surface area contributed by atoms with Gasteiger partial charge in [0.15, 0.2) is 6.10 Å². The van der Waals surface area contributed by atoms with Crippen LogP contribution in [0.5, 0.6) is 0 Å². The van der Waals surface area contributed by atoms with Crippen LogP contribution in [0.15, 0.2) is 36.4 Å². The Labute approximate surface area is 338 Å². The monoisotopic (exact) mass is 851 g/mol. The van der Waals surface area contributed by atoms with Crippen LogP contribution in [0.1, 0.15) is 85.5 Å². The number of carbonyl (C=O) groups is 5. The van der Waals surface area contributed by atoms with E-state index in [1.54, 1.807) is 58.0 Å². The molecule has 56 heavy (non-hydrogen) atoms. The van der Waals surface area contributed by atoms with Crippen LogP contribution in [-0.2, 0) is 33.4 Å². The predicted molar refractivity (Wildman–Crippen MR) is 204 cm³/mol. The topological polar surface area (TPSA) is 165 Å². The highest BCUT2D eigenvalue weighted by molar-refractivity contribution is 6.67. The number of aromatic nitrogens is 1. The second kappa shape index (κ2) is 18.6. The Bertz CT molecular complexity index is 1800. The molecule has 1 aromatic heterocycles. The van der Waals surface area contributed by atoms with Crippen LogP contribution in [-0.4, -0.2) is 86.7 Å². The number of amides is 3. The van der Waals surface area contributed by atoms with Gasteiger partial charge in [0, 0.05) is 11.9 Å². The maximum atomic E-state index is 14.0. The number of benzene rings is 1. The number of nitrogens with one attached hydrogen (secondary N) is 3. The summed E-state index contributed by atoms with van der Waals surface area (Å²) < 4.78 is 55.6. The Kier molecular flexibility index (Phi) is 15.5. The Morgan fingerprint density at radius 3 is 2.25 bits per heavy atom. The molecule has 310 valence electrons. The van der Waals surface area contributed by atoms with Gasteiger partial charge in [0.2, 0.25) is 3.79 Å². The van der Waals surface area contributed by atoms with E-state index in [1.165, 1.54) is 26.8 Å². The summed E-state index contributed by atoms with van der Waals surface area (Å²) in [7, 11) is 0. The van der Waals surface area contributed by atoms with Crippen LogP contribution in [0, 0.1) is 11.3 Å². The highest BCUT2D eigenvalue weighted by atomic mass is 35.6. The largest absolute Gasteiger partial charge is 0.460 e. The summed E-state index contributed by atoms with van der Waals surface area (Å²) in [6, 6.07) is 5.96. The normalized spacial score (nSPS) is 17.8. The number of ether oxygens (including phenoxy) is 3. The zero-order valence-corrected chi connectivity index (χ0v) is 34.5. The van der Waals surface area contributed by atoms with Gasteiger partial charge in [-0.3, -0.25) is 29.2 Å². The van der Waals surface area contributed by atoms with Gasteiger partial charge in [0.1, 0.15) is 24.3 Å². The maximum absolute atomic E-state index is 14.0. The summed E-state index contributed by atoms with van der Waals surface area (Å²) >= 11 is 16.9. The van der Waals surface area contributed by atoms with Crippen LogP contribution >= 0.6 is 34.8 Å². The predicted octanol–water partition coefficient (Wildman–Crippen LogP) is 6.88. The molecule has 1 aliphatic heterocycles. The summed E-state index contributed by atoms with van der Waals surface area (Å²) in [5.41, 5.74) is 2.17. The van der Waals surface area contributed by atoms with Gasteiger partial charge < -0.3 is 24.8 Å². The lowest BCUT2D eigenvalue weighted by Gasteiger charge is -2.35. The number of fused-ring (bicyclic) bond motifs is 1. The second-order valence-electron chi connectivity index (χ2n) is 15.0. The first kappa shape index (κ1) is 46.5. The fourth-order valence-corrected chi connectivity index (χ4v) is 5.37. The minimum Gasteiger partial charge on any atom is -0.460 e. The molecular formula is C37H47Cl3F3N5O8. The van der Waals surface area contributed by atoms with E-state index in [2.05, 4.69) is 21.0 Å². The van der Waals surface area contributed by atoms with Gasteiger partial charge in [0.05, 0.1) is 28.6 Å². The summed E-state index contributed by atoms with van der Waals surface area (Å²) in [5.74, 6) is -6.53. The molecule has 2 heterocycles. The Morgan fingerprint density at radius 1 is 1.00 bits per heavy atom. The first-order valence-corrected chi connectivity index (χ1v) is 18.8. The van der Waals surface area contributed by atoms with Gasteiger partial charge in [-0.15, -0.1) is 0 Å². The molecule has 1 unspecified atom stereocenters. The van der Waals surface area contributed by atoms with Crippen molar-refractivity contribution in [3.63, 3.8) is 0 Å². The molecule has 0 aliphatic carbocycles. The summed E-state index contributed by atoms with van der Waals surface area (Å²) in [4.78, 5) is 69.2. The first-order chi connectivity index (χ1) is 25.7. The number of alkyl carbamates (subject to hydrolysis) is 1. The van der Waals surface area contributed by atoms with E-state index in [0.29, 0.717) is 30.1 Å². The van der Waals surface area contributed by atoms with Crippen LogP contribution in [0.25, 0.3) is 17.0 Å². The van der Waals surface area contributed by atoms with Crippen molar-refractivity contribution in [2.45, 2.75) is 108 Å². The molecule has 3 amide bonds. The molecule has 1 fully saturated rings. The molecule has 0 radical (unpaired) electrons. The van der Waals surface area contributed by atoms with Gasteiger partial charge in [-0.25, -0.2) is 10.2 Å². The van der Waals surface area contributed by atoms with Crippen molar-refractivity contribution in [1.82, 2.24) is 26.1 Å². The smallest absolute Gasteiger partial charge is 0.408 e. The molecule has 13 nitrogen and oxygen atoms in total. The number of halogens is 6. The van der Waals surface area contributed by atoms with Crippen LogP contribution < -0.4 is 16.1 Å². The van der Waals surface area contributed by atoms with Gasteiger partial charge >= 0.3 is 24.2 Å². The van der Waals surface area contributed by atoms with Crippen LogP contribution in [0.3, 0.4) is 0 Å². The van der Waals surface area contributed by atoms with E-state index in [1.807, 2.05) is 6.07 Å². The Balaban J connectivity index is 1.72. The van der Waals surface area contributed by atoms with E-state index in [4.69, 9.17) is 49.0 Å². The number of alkyl halides is 6. The number of pyridine rings is 1. The minimum absolute atomic E-state index is 0.101. The molecular weight excluding hydrogens is 806 g/mol. The van der Waals surface area contributed by atoms with Crippen molar-refractivity contribution in [3.05, 3.63) is 47.7 Å². The third-order valence-electron chi connectivity index (χ3n) is 8.44. The number of nitrogens with zero attached hydrogens (tertiary/aromatic N) is 2. The summed E-state index contributed by atoms with van der Waals surface area (Å²) in [6.07, 6.45) is -4.33. The third-order valence-corrected chi connectivity index (χ3v) is 8.77. The standard InChI is InChI=1S/C37H47Cl3F3N5O8/c1-20(37(41,42)43)28(29(49)44-22(3)30(50)48-17-9-10-26(47-48)31(51)54-19-36(38,39)40)55-32(52)35(7,8)16-15-23-11-12-24-13-14-25(46-27(24)18-23)21(2)45-33(53)56-34(4,5)6/h11-16,18,20-22,26,28,47H,9-10,17,19H2,1-8H3,(H,44,49)(H,45,53)/b16-15+/t20?,21-,22+,26+,28+/m1/s1. The van der Waals surface area contributed by atoms with Crippen molar-refractivity contribution in [3.8, 4) is 0 Å². The molecule has 19 heteroatoms. The summed E-state index contributed by atoms with van der Waals surface area (Å²) in [5, 5.41) is 6.77. The number of esters is 2. The van der Waals surface area contributed by atoms with Gasteiger partial charge in [-0.2, -0.15) is 13.2 Å². The molecule has 3 rings (SSSR count). The molecule has 2 aromatic rings. The first-order valence-electron chi connectivity index (χ1n) is 17.7. The Morgan fingerprint density at radius 2 is 1.64 bits per heavy atom. The molecule has 1 saturated heterocycles. The number of carbonyl (C=O) groups excluding carboxylic acids is 5. The van der Waals surface area contributed by atoms with E-state index in [0.717, 1.165) is 10.4 Å². The second-order valence-corrected chi connectivity index (χ2v) is 17.6. The lowest BCUT2D eigenvalue weighted by molar-refractivity contribution is -0.207. The van der Waals surface area contributed by atoms with E-state index < -0.39 is 87.6 Å². The van der Waals surface area contributed by atoms with Crippen molar-refractivity contribution in [2.75, 3.05) is 13.2 Å². The van der Waals surface area contributed by atoms with E-state index in [9.17, 15) is 37.1 Å². The van der Waals surface area contributed by atoms with Crippen LogP contribution in [0.2, 0.25) is 0 Å². The molecule has 0 spiro atoms. The summed E-state index contributed by atoms with van der Waals surface area (Å²) in [6.45, 7) is 11.3. The molecule has 0 bridgehead atoms. The van der Waals surface area contributed by atoms with E-state index in [-0.39, 0.29) is 13.0 Å². The van der Waals surface area contributed by atoms with Gasteiger partial charge in [-0.05, 0) is 85.9 Å². The average molecular weight is 853 g/mol. The number of rotatable bonds is 12. The lowest BCUT2D eigenvalue weighted by Crippen LogP contribution is -2.60. The van der Waals surface area contributed by atoms with Gasteiger partial charge in [0.25, 0.3) is 11.8 Å². The highest BCUT2D eigenvalue weighted by Gasteiger charge is 2.48. The lowest BCUT2D eigenvalue weighted by atomic mass is 9.91. The SMILES string of the molecule is CC([C@H](OC(=O)C(C)(C)/C=C/c1ccc2ccc([C@@H](C)NC(=O)OC(C)(C)C)nc2c1)C(=O)N[C@@H](C)C(=O)N1CCC[C@@H](C(=O)OCC(Cl)(Cl)Cl)N1)C(F)(F)F. The van der Waals surface area contributed by atoms with Crippen molar-refractivity contribution >= 4 is 81.6 Å². The van der Waals surface area contributed by atoms with Crippen molar-refractivity contribution < 1.29 is 51.4 Å². The van der Waals surface area contributed by atoms with Crippen molar-refractivity contribution in [1.29, 1.82) is 0 Å². The quantitative estimate of drug-likeness (QED) is 0.116. The third kappa shape index (κ3) is 14.0. The van der Waals surface area contributed by atoms with Gasteiger partial charge in [-0.1, -0.05) is 65.2 Å². The fraction of sp³-hybridized carbons (Fsp3) is 0.568. The fourth-order valence-electron chi connectivity index (χ4n) is 5.21. The maximum Gasteiger partial charge on any atom is 0.408 e. The molecule has 1 aromatic carbocycles. The molecule has 0 saturated carbocycles. The number of hydrogen-bond acceptors (Lipinski definition) is 10. The number of hydrogen-bond donors (Lipinski definition) is 3. The average Bonchev–Trinajstić information content (AvgIpc) is 3.09. The number of hydrazine groups is 1. The molecule has 3 N–H and O–H groups in total. The minimum atomic E-state index is -4.96. The molecule has 5 atom stereocenters. The Hall–Kier alpha value is -3.86.